The second kappa shape index (κ2) is 10.8. The van der Waals surface area contributed by atoms with Gasteiger partial charge in [0.15, 0.2) is 0 Å². The molecule has 0 saturated heterocycles. The standard InChI is InChI=1S/C31H39N5O2/c1-5-36-26-12-11-23(18-27(26)34(4)29(37)31(2,3)30(36)38)20-35(17-14-22-8-7-15-32-19-22)21-25-10-6-9-24-13-16-33-28(24)25/h6-13,15-16,18-19,29-30,33,37-38H,5,14,17,20-21H2,1-4H3. The van der Waals surface area contributed by atoms with Crippen LogP contribution >= 0.6 is 0 Å². The molecule has 1 aliphatic rings. The maximum Gasteiger partial charge on any atom is 0.136 e. The van der Waals surface area contributed by atoms with E-state index in [0.717, 1.165) is 43.0 Å². The number of hydrogen-bond donors (Lipinski definition) is 3. The zero-order chi connectivity index (χ0) is 26.9. The quantitative estimate of drug-likeness (QED) is 0.316. The van der Waals surface area contributed by atoms with Crippen molar-refractivity contribution in [2.24, 2.45) is 5.41 Å². The van der Waals surface area contributed by atoms with Gasteiger partial charge in [-0.05, 0) is 59.7 Å². The van der Waals surface area contributed by atoms with Gasteiger partial charge in [0.1, 0.15) is 12.5 Å². The van der Waals surface area contributed by atoms with Gasteiger partial charge >= 0.3 is 0 Å². The van der Waals surface area contributed by atoms with Gasteiger partial charge in [-0.15, -0.1) is 0 Å². The van der Waals surface area contributed by atoms with Crippen LogP contribution in [0, 0.1) is 5.41 Å². The predicted molar refractivity (Wildman–Crippen MR) is 154 cm³/mol. The first kappa shape index (κ1) is 26.2. The van der Waals surface area contributed by atoms with E-state index in [4.69, 9.17) is 0 Å². The Hall–Kier alpha value is -3.39. The zero-order valence-corrected chi connectivity index (χ0v) is 22.8. The minimum Gasteiger partial charge on any atom is -0.373 e. The average Bonchev–Trinajstić information content (AvgIpc) is 3.41. The van der Waals surface area contributed by atoms with Crippen molar-refractivity contribution in [1.82, 2.24) is 14.9 Å². The Bertz CT molecular complexity index is 1370. The highest BCUT2D eigenvalue weighted by Gasteiger charge is 2.44. The summed E-state index contributed by atoms with van der Waals surface area (Å²) in [6.07, 6.45) is 5.03. The number of para-hydroxylation sites is 1. The Balaban J connectivity index is 1.46. The molecule has 0 radical (unpaired) electrons. The van der Waals surface area contributed by atoms with E-state index in [1.54, 1.807) is 0 Å². The number of pyridine rings is 1. The second-order valence-corrected chi connectivity index (χ2v) is 11.0. The third-order valence-corrected chi connectivity index (χ3v) is 7.98. The van der Waals surface area contributed by atoms with Gasteiger partial charge in [-0.1, -0.05) is 44.2 Å². The summed E-state index contributed by atoms with van der Waals surface area (Å²) in [6.45, 7) is 8.95. The number of hydrogen-bond acceptors (Lipinski definition) is 6. The van der Waals surface area contributed by atoms with Crippen LogP contribution in [0.2, 0.25) is 0 Å². The Labute approximate surface area is 225 Å². The van der Waals surface area contributed by atoms with Gasteiger partial charge in [0, 0.05) is 57.3 Å². The van der Waals surface area contributed by atoms with Crippen LogP contribution in [-0.4, -0.2) is 57.7 Å². The number of fused-ring (bicyclic) bond motifs is 2. The van der Waals surface area contributed by atoms with Gasteiger partial charge in [-0.3, -0.25) is 9.88 Å². The van der Waals surface area contributed by atoms with Crippen molar-refractivity contribution >= 4 is 22.3 Å². The first-order chi connectivity index (χ1) is 18.3. The molecular formula is C31H39N5O2. The summed E-state index contributed by atoms with van der Waals surface area (Å²) >= 11 is 0. The van der Waals surface area contributed by atoms with E-state index >= 15 is 0 Å². The first-order valence-electron chi connectivity index (χ1n) is 13.4. The number of aromatic amines is 1. The number of nitrogens with one attached hydrogen (secondary N) is 1. The molecule has 0 saturated carbocycles. The third-order valence-electron chi connectivity index (χ3n) is 7.98. The van der Waals surface area contributed by atoms with Crippen molar-refractivity contribution in [3.63, 3.8) is 0 Å². The first-order valence-corrected chi connectivity index (χ1v) is 13.4. The van der Waals surface area contributed by atoms with Crippen LogP contribution in [0.1, 0.15) is 37.5 Å². The number of H-pyrrole nitrogens is 1. The van der Waals surface area contributed by atoms with Gasteiger partial charge in [-0.2, -0.15) is 0 Å². The fourth-order valence-corrected chi connectivity index (χ4v) is 5.66. The van der Waals surface area contributed by atoms with Crippen LogP contribution in [-0.2, 0) is 19.5 Å². The lowest BCUT2D eigenvalue weighted by molar-refractivity contribution is -0.0432. The summed E-state index contributed by atoms with van der Waals surface area (Å²) in [4.78, 5) is 14.1. The summed E-state index contributed by atoms with van der Waals surface area (Å²) in [6, 6.07) is 19.1. The summed E-state index contributed by atoms with van der Waals surface area (Å²) in [7, 11) is 1.91. The van der Waals surface area contributed by atoms with Crippen LogP contribution < -0.4 is 9.80 Å². The van der Waals surface area contributed by atoms with Crippen LogP contribution in [0.3, 0.4) is 0 Å². The number of benzene rings is 2. The monoisotopic (exact) mass is 513 g/mol. The van der Waals surface area contributed by atoms with Crippen LogP contribution in [0.25, 0.3) is 10.9 Å². The van der Waals surface area contributed by atoms with E-state index in [1.807, 2.05) is 62.3 Å². The van der Waals surface area contributed by atoms with E-state index in [1.165, 1.54) is 22.0 Å². The van der Waals surface area contributed by atoms with Gasteiger partial charge < -0.3 is 25.0 Å². The number of aliphatic hydroxyl groups excluding tert-OH is 2. The molecular weight excluding hydrogens is 474 g/mol. The van der Waals surface area contributed by atoms with Crippen molar-refractivity contribution in [1.29, 1.82) is 0 Å². The largest absolute Gasteiger partial charge is 0.373 e. The number of aliphatic hydroxyl groups is 2. The minimum atomic E-state index is -0.824. The maximum absolute atomic E-state index is 11.2. The van der Waals surface area contributed by atoms with Gasteiger partial charge in [0.2, 0.25) is 0 Å². The molecule has 3 N–H and O–H groups in total. The molecule has 0 bridgehead atoms. The minimum absolute atomic E-state index is 0.648. The summed E-state index contributed by atoms with van der Waals surface area (Å²) in [5.41, 5.74) is 5.97. The van der Waals surface area contributed by atoms with Gasteiger partial charge in [-0.25, -0.2) is 0 Å². The molecule has 0 fully saturated rings. The Morgan fingerprint density at radius 2 is 1.82 bits per heavy atom. The molecule has 2 aromatic carbocycles. The predicted octanol–water partition coefficient (Wildman–Crippen LogP) is 4.75. The highest BCUT2D eigenvalue weighted by Crippen LogP contribution is 2.42. The van der Waals surface area contributed by atoms with E-state index in [9.17, 15) is 10.2 Å². The van der Waals surface area contributed by atoms with E-state index < -0.39 is 17.9 Å². The summed E-state index contributed by atoms with van der Waals surface area (Å²) in [5, 5.41) is 23.6. The molecule has 5 rings (SSSR count). The lowest BCUT2D eigenvalue weighted by Crippen LogP contribution is -2.53. The SMILES string of the molecule is CCN1c2ccc(CN(CCc3cccnc3)Cc3cccc4cc[nH]c34)cc2N(C)C(O)C(C)(C)C1O. The molecule has 2 unspecified atom stereocenters. The Morgan fingerprint density at radius 3 is 2.58 bits per heavy atom. The normalized spacial score (nSPS) is 19.1. The van der Waals surface area contributed by atoms with Gasteiger partial charge in [0.05, 0.1) is 16.8 Å². The van der Waals surface area contributed by atoms with Crippen molar-refractivity contribution < 1.29 is 10.2 Å². The molecule has 2 atom stereocenters. The molecule has 7 nitrogen and oxygen atoms in total. The smallest absolute Gasteiger partial charge is 0.136 e. The molecule has 7 heteroatoms. The summed E-state index contributed by atoms with van der Waals surface area (Å²) in [5.74, 6) is 0. The highest BCUT2D eigenvalue weighted by molar-refractivity contribution is 5.82. The number of anilines is 2. The third kappa shape index (κ3) is 5.01. The average molecular weight is 514 g/mol. The fraction of sp³-hybridized carbons (Fsp3) is 0.387. The highest BCUT2D eigenvalue weighted by atomic mass is 16.3. The second-order valence-electron chi connectivity index (χ2n) is 11.0. The van der Waals surface area contributed by atoms with E-state index in [-0.39, 0.29) is 0 Å². The van der Waals surface area contributed by atoms with Crippen molar-refractivity contribution in [2.45, 2.75) is 52.7 Å². The fourth-order valence-electron chi connectivity index (χ4n) is 5.66. The molecule has 0 aliphatic carbocycles. The lowest BCUT2D eigenvalue weighted by Gasteiger charge is -2.40. The van der Waals surface area contributed by atoms with Crippen LogP contribution in [0.5, 0.6) is 0 Å². The zero-order valence-electron chi connectivity index (χ0n) is 22.8. The van der Waals surface area contributed by atoms with E-state index in [2.05, 4.69) is 63.4 Å². The van der Waals surface area contributed by atoms with Gasteiger partial charge in [0.25, 0.3) is 0 Å². The topological polar surface area (TPSA) is 78.9 Å². The molecule has 1 aliphatic heterocycles. The molecule has 4 aromatic rings. The molecule has 3 heterocycles. The Kier molecular flexibility index (Phi) is 7.43. The molecule has 0 amide bonds. The lowest BCUT2D eigenvalue weighted by atomic mass is 9.87. The number of aromatic nitrogens is 2. The maximum atomic E-state index is 11.2. The van der Waals surface area contributed by atoms with E-state index in [0.29, 0.717) is 6.54 Å². The molecule has 2 aromatic heterocycles. The molecule has 38 heavy (non-hydrogen) atoms. The Morgan fingerprint density at radius 1 is 0.974 bits per heavy atom. The van der Waals surface area contributed by atoms with Crippen molar-refractivity contribution in [3.05, 3.63) is 89.9 Å². The van der Waals surface area contributed by atoms with Crippen molar-refractivity contribution in [2.75, 3.05) is 29.9 Å². The molecule has 0 spiro atoms. The number of nitrogens with zero attached hydrogens (tertiary/aromatic N) is 4. The molecule has 200 valence electrons. The van der Waals surface area contributed by atoms with Crippen molar-refractivity contribution in [3.8, 4) is 0 Å². The van der Waals surface area contributed by atoms with Crippen LogP contribution in [0.15, 0.2) is 73.2 Å². The van der Waals surface area contributed by atoms with Crippen LogP contribution in [0.4, 0.5) is 11.4 Å². The summed E-state index contributed by atoms with van der Waals surface area (Å²) < 4.78 is 0. The number of rotatable bonds is 8.